The summed E-state index contributed by atoms with van der Waals surface area (Å²) in [5, 5.41) is 0.276. The van der Waals surface area contributed by atoms with E-state index in [9.17, 15) is 9.59 Å². The first-order valence-corrected chi connectivity index (χ1v) is 8.87. The SMILES string of the molecule is CCCN1C(=O)S/C(=C/c2ccc(O[C@H](C)CC)c(Cl)c2)C1=O. The average molecular weight is 354 g/mol. The second kappa shape index (κ2) is 7.88. The van der Waals surface area contributed by atoms with Crippen LogP contribution in [-0.4, -0.2) is 28.7 Å². The maximum absolute atomic E-state index is 12.2. The van der Waals surface area contributed by atoms with Gasteiger partial charge in [-0.05, 0) is 55.3 Å². The zero-order valence-electron chi connectivity index (χ0n) is 13.5. The van der Waals surface area contributed by atoms with Gasteiger partial charge in [0.05, 0.1) is 16.0 Å². The van der Waals surface area contributed by atoms with Crippen molar-refractivity contribution in [2.75, 3.05) is 6.54 Å². The van der Waals surface area contributed by atoms with Crippen molar-refractivity contribution < 1.29 is 14.3 Å². The summed E-state index contributed by atoms with van der Waals surface area (Å²) in [5.74, 6) is 0.384. The Labute approximate surface area is 145 Å². The number of carbonyl (C=O) groups excluding carboxylic acids is 2. The van der Waals surface area contributed by atoms with Gasteiger partial charge >= 0.3 is 0 Å². The number of rotatable bonds is 6. The van der Waals surface area contributed by atoms with Crippen LogP contribution < -0.4 is 4.74 Å². The molecule has 1 aromatic carbocycles. The largest absolute Gasteiger partial charge is 0.489 e. The van der Waals surface area contributed by atoms with Crippen LogP contribution in [0.25, 0.3) is 6.08 Å². The third-order valence-electron chi connectivity index (χ3n) is 3.48. The summed E-state index contributed by atoms with van der Waals surface area (Å²) in [7, 11) is 0. The molecule has 1 aliphatic heterocycles. The van der Waals surface area contributed by atoms with E-state index in [0.717, 1.165) is 30.2 Å². The Morgan fingerprint density at radius 1 is 1.35 bits per heavy atom. The fourth-order valence-electron chi connectivity index (χ4n) is 2.07. The number of nitrogens with zero attached hydrogens (tertiary/aromatic N) is 1. The second-order valence-electron chi connectivity index (χ2n) is 5.36. The van der Waals surface area contributed by atoms with Crippen LogP contribution in [0.15, 0.2) is 23.1 Å². The van der Waals surface area contributed by atoms with Gasteiger partial charge in [-0.25, -0.2) is 0 Å². The summed E-state index contributed by atoms with van der Waals surface area (Å²) < 4.78 is 5.72. The van der Waals surface area contributed by atoms with Crippen molar-refractivity contribution in [3.63, 3.8) is 0 Å². The molecule has 2 amide bonds. The Balaban J connectivity index is 2.19. The normalized spacial score (nSPS) is 17.9. The van der Waals surface area contributed by atoms with Crippen LogP contribution in [0, 0.1) is 0 Å². The highest BCUT2D eigenvalue weighted by atomic mass is 35.5. The molecule has 0 aliphatic carbocycles. The van der Waals surface area contributed by atoms with E-state index in [-0.39, 0.29) is 17.3 Å². The monoisotopic (exact) mass is 353 g/mol. The van der Waals surface area contributed by atoms with E-state index in [2.05, 4.69) is 0 Å². The smallest absolute Gasteiger partial charge is 0.293 e. The van der Waals surface area contributed by atoms with Gasteiger partial charge in [0, 0.05) is 6.54 Å². The van der Waals surface area contributed by atoms with Crippen molar-refractivity contribution >= 4 is 40.6 Å². The lowest BCUT2D eigenvalue weighted by Crippen LogP contribution is -2.28. The molecule has 0 aromatic heterocycles. The maximum atomic E-state index is 12.2. The highest BCUT2D eigenvalue weighted by molar-refractivity contribution is 8.18. The molecule has 1 saturated heterocycles. The Bertz CT molecular complexity index is 645. The Hall–Kier alpha value is -1.46. The molecule has 2 rings (SSSR count). The number of hydrogen-bond acceptors (Lipinski definition) is 4. The van der Waals surface area contributed by atoms with E-state index in [1.807, 2.05) is 26.8 Å². The molecular formula is C17H20ClNO3S. The molecule has 23 heavy (non-hydrogen) atoms. The minimum atomic E-state index is -0.238. The van der Waals surface area contributed by atoms with E-state index in [1.54, 1.807) is 18.2 Å². The average Bonchev–Trinajstić information content (AvgIpc) is 2.78. The minimum Gasteiger partial charge on any atom is -0.489 e. The minimum absolute atomic E-state index is 0.0869. The number of benzene rings is 1. The number of amides is 2. The van der Waals surface area contributed by atoms with Gasteiger partial charge in [0.25, 0.3) is 11.1 Å². The van der Waals surface area contributed by atoms with E-state index >= 15 is 0 Å². The van der Waals surface area contributed by atoms with Crippen LogP contribution in [0.4, 0.5) is 4.79 Å². The summed E-state index contributed by atoms with van der Waals surface area (Å²) in [5.41, 5.74) is 0.772. The summed E-state index contributed by atoms with van der Waals surface area (Å²) >= 11 is 7.20. The second-order valence-corrected chi connectivity index (χ2v) is 6.76. The molecule has 1 aromatic rings. The first-order chi connectivity index (χ1) is 11.0. The molecule has 6 heteroatoms. The molecule has 0 bridgehead atoms. The zero-order valence-corrected chi connectivity index (χ0v) is 15.0. The zero-order chi connectivity index (χ0) is 17.0. The molecule has 1 atom stereocenters. The lowest BCUT2D eigenvalue weighted by molar-refractivity contribution is -0.122. The van der Waals surface area contributed by atoms with Crippen molar-refractivity contribution in [2.45, 2.75) is 39.7 Å². The lowest BCUT2D eigenvalue weighted by atomic mass is 10.2. The predicted octanol–water partition coefficient (Wildman–Crippen LogP) is 4.96. The van der Waals surface area contributed by atoms with Crippen molar-refractivity contribution in [3.05, 3.63) is 33.7 Å². The van der Waals surface area contributed by atoms with E-state index < -0.39 is 0 Å². The number of carbonyl (C=O) groups is 2. The molecule has 0 N–H and O–H groups in total. The number of ether oxygens (including phenoxy) is 1. The van der Waals surface area contributed by atoms with E-state index in [1.165, 1.54) is 4.90 Å². The lowest BCUT2D eigenvalue weighted by Gasteiger charge is -2.14. The van der Waals surface area contributed by atoms with Gasteiger partial charge in [-0.15, -0.1) is 0 Å². The van der Waals surface area contributed by atoms with Crippen LogP contribution in [0.1, 0.15) is 39.2 Å². The molecule has 1 fully saturated rings. The fraction of sp³-hybridized carbons (Fsp3) is 0.412. The number of halogens is 1. The summed E-state index contributed by atoms with van der Waals surface area (Å²) in [6.45, 7) is 6.40. The van der Waals surface area contributed by atoms with Gasteiger partial charge in [-0.3, -0.25) is 14.5 Å². The maximum Gasteiger partial charge on any atom is 0.293 e. The van der Waals surface area contributed by atoms with Gasteiger partial charge in [0.15, 0.2) is 0 Å². The number of hydrogen-bond donors (Lipinski definition) is 0. The molecular weight excluding hydrogens is 334 g/mol. The summed E-state index contributed by atoms with van der Waals surface area (Å²) in [6, 6.07) is 5.36. The van der Waals surface area contributed by atoms with Crippen LogP contribution >= 0.6 is 23.4 Å². The molecule has 4 nitrogen and oxygen atoms in total. The standard InChI is InChI=1S/C17H20ClNO3S/c1-4-8-19-16(20)15(23-17(19)21)10-12-6-7-14(13(18)9-12)22-11(3)5-2/h6-7,9-11H,4-5,8H2,1-3H3/b15-10+/t11-/m1/s1. The summed E-state index contributed by atoms with van der Waals surface area (Å²) in [4.78, 5) is 25.7. The topological polar surface area (TPSA) is 46.6 Å². The Morgan fingerprint density at radius 2 is 2.09 bits per heavy atom. The van der Waals surface area contributed by atoms with Crippen LogP contribution in [-0.2, 0) is 4.79 Å². The first kappa shape index (κ1) is 17.9. The quantitative estimate of drug-likeness (QED) is 0.678. The Morgan fingerprint density at radius 3 is 2.70 bits per heavy atom. The highest BCUT2D eigenvalue weighted by Crippen LogP contribution is 2.34. The Kier molecular flexibility index (Phi) is 6.13. The van der Waals surface area contributed by atoms with E-state index in [4.69, 9.17) is 16.3 Å². The number of thioether (sulfide) groups is 1. The van der Waals surface area contributed by atoms with Crippen molar-refractivity contribution in [1.82, 2.24) is 4.90 Å². The van der Waals surface area contributed by atoms with Gasteiger partial charge in [0.2, 0.25) is 0 Å². The van der Waals surface area contributed by atoms with Gasteiger partial charge in [-0.2, -0.15) is 0 Å². The van der Waals surface area contributed by atoms with E-state index in [0.29, 0.717) is 22.2 Å². The molecule has 1 heterocycles. The van der Waals surface area contributed by atoms with Crippen LogP contribution in [0.2, 0.25) is 5.02 Å². The van der Waals surface area contributed by atoms with Gasteiger partial charge in [-0.1, -0.05) is 31.5 Å². The predicted molar refractivity (Wildman–Crippen MR) is 94.8 cm³/mol. The van der Waals surface area contributed by atoms with Crippen LogP contribution in [0.3, 0.4) is 0 Å². The summed E-state index contributed by atoms with van der Waals surface area (Å²) in [6.07, 6.45) is 3.42. The molecule has 0 radical (unpaired) electrons. The molecule has 0 saturated carbocycles. The van der Waals surface area contributed by atoms with Crippen molar-refractivity contribution in [1.29, 1.82) is 0 Å². The third-order valence-corrected chi connectivity index (χ3v) is 4.68. The third kappa shape index (κ3) is 4.30. The van der Waals surface area contributed by atoms with Crippen LogP contribution in [0.5, 0.6) is 5.75 Å². The number of imide groups is 1. The molecule has 0 spiro atoms. The first-order valence-electron chi connectivity index (χ1n) is 7.67. The van der Waals surface area contributed by atoms with Crippen molar-refractivity contribution in [3.8, 4) is 5.75 Å². The fourth-order valence-corrected chi connectivity index (χ4v) is 3.17. The molecule has 0 unspecified atom stereocenters. The van der Waals surface area contributed by atoms with Gasteiger partial charge < -0.3 is 4.74 Å². The molecule has 1 aliphatic rings. The highest BCUT2D eigenvalue weighted by Gasteiger charge is 2.34. The molecule has 124 valence electrons. The van der Waals surface area contributed by atoms with Crippen molar-refractivity contribution in [2.24, 2.45) is 0 Å². The van der Waals surface area contributed by atoms with Gasteiger partial charge in [0.1, 0.15) is 5.75 Å².